The van der Waals surface area contributed by atoms with Crippen molar-refractivity contribution in [1.29, 1.82) is 0 Å². The van der Waals surface area contributed by atoms with Crippen LogP contribution in [0.25, 0.3) is 16.7 Å². The molecule has 1 saturated heterocycles. The van der Waals surface area contributed by atoms with Crippen molar-refractivity contribution < 1.29 is 4.79 Å². The molecular weight excluding hydrogens is 348 g/mol. The summed E-state index contributed by atoms with van der Waals surface area (Å²) in [5, 5.41) is 0. The number of nitrogens with zero attached hydrogens (tertiary/aromatic N) is 4. The molecule has 1 aliphatic rings. The van der Waals surface area contributed by atoms with E-state index in [2.05, 4.69) is 9.97 Å². The zero-order valence-electron chi connectivity index (χ0n) is 15.4. The van der Waals surface area contributed by atoms with Crippen LogP contribution in [0, 0.1) is 0 Å². The molecule has 0 spiro atoms. The van der Waals surface area contributed by atoms with Gasteiger partial charge < -0.3 is 4.90 Å². The van der Waals surface area contributed by atoms with Gasteiger partial charge in [0.15, 0.2) is 0 Å². The maximum absolute atomic E-state index is 13.1. The van der Waals surface area contributed by atoms with Crippen LogP contribution in [-0.2, 0) is 0 Å². The Labute approximate surface area is 163 Å². The Morgan fingerprint density at radius 1 is 0.964 bits per heavy atom. The second-order valence-corrected chi connectivity index (χ2v) is 7.09. The summed E-state index contributed by atoms with van der Waals surface area (Å²) in [7, 11) is 0. The molecule has 2 aromatic heterocycles. The van der Waals surface area contributed by atoms with E-state index in [1.165, 1.54) is 0 Å². The zero-order valence-corrected chi connectivity index (χ0v) is 15.4. The molecule has 0 N–H and O–H groups in total. The molecule has 5 rings (SSSR count). The lowest BCUT2D eigenvalue weighted by molar-refractivity contribution is 0.0735. The molecule has 3 heterocycles. The Bertz CT molecular complexity index is 1120. The molecule has 1 atom stereocenters. The monoisotopic (exact) mass is 368 g/mol. The molecule has 0 aliphatic carbocycles. The smallest absolute Gasteiger partial charge is 0.254 e. The highest BCUT2D eigenvalue weighted by molar-refractivity contribution is 5.95. The first-order chi connectivity index (χ1) is 13.8. The van der Waals surface area contributed by atoms with Crippen molar-refractivity contribution in [2.75, 3.05) is 6.54 Å². The van der Waals surface area contributed by atoms with Crippen LogP contribution >= 0.6 is 0 Å². The number of amides is 1. The summed E-state index contributed by atoms with van der Waals surface area (Å²) < 4.78 is 2.04. The van der Waals surface area contributed by atoms with Crippen LogP contribution in [0.2, 0.25) is 0 Å². The first-order valence-electron chi connectivity index (χ1n) is 9.55. The number of benzene rings is 2. The van der Waals surface area contributed by atoms with Crippen LogP contribution in [0.1, 0.15) is 34.8 Å². The number of imidazole rings is 1. The van der Waals surface area contributed by atoms with Crippen LogP contribution in [0.3, 0.4) is 0 Å². The first-order valence-corrected chi connectivity index (χ1v) is 9.55. The number of hydrogen-bond acceptors (Lipinski definition) is 3. The molecule has 1 fully saturated rings. The van der Waals surface area contributed by atoms with Crippen molar-refractivity contribution in [3.05, 3.63) is 90.5 Å². The summed E-state index contributed by atoms with van der Waals surface area (Å²) in [5.74, 6) is 0.0846. The number of aromatic nitrogens is 3. The maximum Gasteiger partial charge on any atom is 0.254 e. The predicted molar refractivity (Wildman–Crippen MR) is 108 cm³/mol. The van der Waals surface area contributed by atoms with Crippen LogP contribution in [0.15, 0.2) is 79.4 Å². The summed E-state index contributed by atoms with van der Waals surface area (Å²) in [5.41, 5.74) is 4.88. The summed E-state index contributed by atoms with van der Waals surface area (Å²) in [6.45, 7) is 0.791. The quantitative estimate of drug-likeness (QED) is 0.539. The molecule has 1 aliphatic heterocycles. The summed E-state index contributed by atoms with van der Waals surface area (Å²) in [4.78, 5) is 23.6. The highest BCUT2D eigenvalue weighted by Crippen LogP contribution is 2.33. The third kappa shape index (κ3) is 2.85. The van der Waals surface area contributed by atoms with Gasteiger partial charge in [-0.15, -0.1) is 0 Å². The molecule has 0 radical (unpaired) electrons. The Hall–Kier alpha value is -3.47. The molecule has 2 aromatic carbocycles. The standard InChI is InChI=1S/C23H20N4O/c28-23(26-15-3-6-21(26)17-11-13-24-14-12-17)18-7-9-19(10-8-18)27-16-25-20-4-1-2-5-22(20)27/h1-2,4-5,7-14,16,21H,3,6,15H2. The lowest BCUT2D eigenvalue weighted by Gasteiger charge is -2.25. The van der Waals surface area contributed by atoms with Gasteiger partial charge in [0.25, 0.3) is 5.91 Å². The van der Waals surface area contributed by atoms with Crippen LogP contribution < -0.4 is 0 Å². The highest BCUT2D eigenvalue weighted by Gasteiger charge is 2.30. The fourth-order valence-electron chi connectivity index (χ4n) is 4.04. The van der Waals surface area contributed by atoms with Gasteiger partial charge in [-0.1, -0.05) is 12.1 Å². The van der Waals surface area contributed by atoms with E-state index in [0.717, 1.165) is 41.7 Å². The van der Waals surface area contributed by atoms with Crippen LogP contribution in [-0.4, -0.2) is 31.9 Å². The van der Waals surface area contributed by atoms with Gasteiger partial charge in [-0.05, 0) is 66.9 Å². The van der Waals surface area contributed by atoms with E-state index in [9.17, 15) is 4.79 Å². The maximum atomic E-state index is 13.1. The number of fused-ring (bicyclic) bond motifs is 1. The topological polar surface area (TPSA) is 51.0 Å². The molecule has 138 valence electrons. The van der Waals surface area contributed by atoms with E-state index in [-0.39, 0.29) is 11.9 Å². The largest absolute Gasteiger partial charge is 0.332 e. The second kappa shape index (κ2) is 6.93. The zero-order chi connectivity index (χ0) is 18.9. The predicted octanol–water partition coefficient (Wildman–Crippen LogP) is 4.40. The van der Waals surface area contributed by atoms with Crippen molar-refractivity contribution in [1.82, 2.24) is 19.4 Å². The van der Waals surface area contributed by atoms with E-state index in [1.54, 1.807) is 12.4 Å². The molecule has 0 bridgehead atoms. The first kappa shape index (κ1) is 16.7. The molecule has 5 nitrogen and oxygen atoms in total. The van der Waals surface area contributed by atoms with Crippen molar-refractivity contribution in [3.8, 4) is 5.69 Å². The van der Waals surface area contributed by atoms with Gasteiger partial charge in [0.05, 0.1) is 17.1 Å². The van der Waals surface area contributed by atoms with Crippen molar-refractivity contribution in [3.63, 3.8) is 0 Å². The van der Waals surface area contributed by atoms with Crippen molar-refractivity contribution in [2.45, 2.75) is 18.9 Å². The number of hydrogen-bond donors (Lipinski definition) is 0. The Morgan fingerprint density at radius 3 is 2.57 bits per heavy atom. The number of para-hydroxylation sites is 2. The number of carbonyl (C=O) groups excluding carboxylic acids is 1. The lowest BCUT2D eigenvalue weighted by Crippen LogP contribution is -2.30. The minimum atomic E-state index is 0.0846. The summed E-state index contributed by atoms with van der Waals surface area (Å²) in [6, 6.07) is 20.0. The Kier molecular flexibility index (Phi) is 4.13. The van der Waals surface area contributed by atoms with Crippen LogP contribution in [0.4, 0.5) is 0 Å². The highest BCUT2D eigenvalue weighted by atomic mass is 16.2. The molecule has 0 saturated carbocycles. The molecule has 1 unspecified atom stereocenters. The van der Waals surface area contributed by atoms with Gasteiger partial charge in [0.1, 0.15) is 6.33 Å². The molecule has 28 heavy (non-hydrogen) atoms. The minimum absolute atomic E-state index is 0.0846. The third-order valence-corrected chi connectivity index (χ3v) is 5.45. The van der Waals surface area contributed by atoms with E-state index in [0.29, 0.717) is 5.56 Å². The molecule has 1 amide bonds. The van der Waals surface area contributed by atoms with Gasteiger partial charge in [-0.2, -0.15) is 0 Å². The van der Waals surface area contributed by atoms with E-state index in [4.69, 9.17) is 0 Å². The summed E-state index contributed by atoms with van der Waals surface area (Å²) >= 11 is 0. The number of carbonyl (C=O) groups is 1. The lowest BCUT2D eigenvalue weighted by atomic mass is 10.1. The van der Waals surface area contributed by atoms with Crippen molar-refractivity contribution >= 4 is 16.9 Å². The van der Waals surface area contributed by atoms with Gasteiger partial charge in [-0.3, -0.25) is 14.3 Å². The van der Waals surface area contributed by atoms with Gasteiger partial charge in [-0.25, -0.2) is 4.98 Å². The van der Waals surface area contributed by atoms with Crippen LogP contribution in [0.5, 0.6) is 0 Å². The fourth-order valence-corrected chi connectivity index (χ4v) is 4.04. The molecular formula is C23H20N4O. The Morgan fingerprint density at radius 2 is 1.75 bits per heavy atom. The van der Waals surface area contributed by atoms with E-state index in [1.807, 2.05) is 76.5 Å². The molecule has 4 aromatic rings. The minimum Gasteiger partial charge on any atom is -0.332 e. The number of pyridine rings is 1. The van der Waals surface area contributed by atoms with Crippen molar-refractivity contribution in [2.24, 2.45) is 0 Å². The number of likely N-dealkylation sites (tertiary alicyclic amines) is 1. The van der Waals surface area contributed by atoms with E-state index < -0.39 is 0 Å². The molecule has 5 heteroatoms. The number of rotatable bonds is 3. The average molecular weight is 368 g/mol. The normalized spacial score (nSPS) is 16.6. The average Bonchev–Trinajstić information content (AvgIpc) is 3.41. The SMILES string of the molecule is O=C(c1ccc(-n2cnc3ccccc32)cc1)N1CCCC1c1ccncc1. The van der Waals surface area contributed by atoms with E-state index >= 15 is 0 Å². The summed E-state index contributed by atoms with van der Waals surface area (Å²) in [6.07, 6.45) is 7.43. The van der Waals surface area contributed by atoms with Gasteiger partial charge >= 0.3 is 0 Å². The fraction of sp³-hybridized carbons (Fsp3) is 0.174. The second-order valence-electron chi connectivity index (χ2n) is 7.09. The van der Waals surface area contributed by atoms with Gasteiger partial charge in [0.2, 0.25) is 0 Å². The third-order valence-electron chi connectivity index (χ3n) is 5.45. The van der Waals surface area contributed by atoms with Gasteiger partial charge in [0, 0.05) is 30.2 Å². The Balaban J connectivity index is 1.42.